The van der Waals surface area contributed by atoms with Crippen molar-refractivity contribution in [1.29, 1.82) is 0 Å². The monoisotopic (exact) mass is 314 g/mol. The Bertz CT molecular complexity index is 691. The SMILES string of the molecule is CC(C)(C)c1ccc(Cl)c(C2(c3ccccc3)OC=CO2)c1. The fraction of sp³-hybridized carbons (Fsp3) is 0.263. The highest BCUT2D eigenvalue weighted by molar-refractivity contribution is 6.31. The second kappa shape index (κ2) is 5.36. The van der Waals surface area contributed by atoms with Gasteiger partial charge < -0.3 is 9.47 Å². The Morgan fingerprint density at radius 1 is 0.909 bits per heavy atom. The maximum atomic E-state index is 6.48. The second-order valence-corrected chi connectivity index (χ2v) is 6.84. The lowest BCUT2D eigenvalue weighted by molar-refractivity contribution is -0.112. The summed E-state index contributed by atoms with van der Waals surface area (Å²) in [6, 6.07) is 15.9. The molecular weight excluding hydrogens is 296 g/mol. The molecule has 0 bridgehead atoms. The lowest BCUT2D eigenvalue weighted by Gasteiger charge is -2.31. The minimum absolute atomic E-state index is 0.0171. The van der Waals surface area contributed by atoms with E-state index in [9.17, 15) is 0 Å². The number of rotatable bonds is 2. The van der Waals surface area contributed by atoms with Crippen LogP contribution in [0.1, 0.15) is 37.5 Å². The maximum Gasteiger partial charge on any atom is 0.305 e. The Labute approximate surface area is 136 Å². The van der Waals surface area contributed by atoms with E-state index >= 15 is 0 Å². The number of halogens is 1. The fourth-order valence-corrected chi connectivity index (χ4v) is 2.84. The van der Waals surface area contributed by atoms with E-state index < -0.39 is 5.79 Å². The maximum absolute atomic E-state index is 6.48. The first-order valence-electron chi connectivity index (χ1n) is 7.30. The summed E-state index contributed by atoms with van der Waals surface area (Å²) in [5, 5.41) is 0.626. The van der Waals surface area contributed by atoms with Crippen LogP contribution in [0.25, 0.3) is 0 Å². The van der Waals surface area contributed by atoms with Crippen LogP contribution in [0.3, 0.4) is 0 Å². The Hall–Kier alpha value is -1.93. The van der Waals surface area contributed by atoms with Crippen LogP contribution < -0.4 is 0 Å². The molecular formula is C19H19ClO2. The van der Waals surface area contributed by atoms with Gasteiger partial charge in [0.1, 0.15) is 12.5 Å². The molecule has 0 saturated carbocycles. The standard InChI is InChI=1S/C19H19ClO2/c1-18(2,3)15-9-10-17(20)16(13-15)19(21-11-12-22-19)14-7-5-4-6-8-14/h4-13H,1-3H3. The second-order valence-electron chi connectivity index (χ2n) is 6.44. The highest BCUT2D eigenvalue weighted by Gasteiger charge is 2.42. The molecule has 114 valence electrons. The van der Waals surface area contributed by atoms with E-state index in [2.05, 4.69) is 26.8 Å². The fourth-order valence-electron chi connectivity index (χ4n) is 2.60. The van der Waals surface area contributed by atoms with Crippen LogP contribution in [0.5, 0.6) is 0 Å². The van der Waals surface area contributed by atoms with Crippen LogP contribution in [0, 0.1) is 0 Å². The first kappa shape index (κ1) is 15.0. The summed E-state index contributed by atoms with van der Waals surface area (Å²) in [7, 11) is 0. The minimum Gasteiger partial charge on any atom is -0.449 e. The molecule has 3 heteroatoms. The molecule has 0 N–H and O–H groups in total. The van der Waals surface area contributed by atoms with Crippen molar-refractivity contribution in [3.63, 3.8) is 0 Å². The summed E-state index contributed by atoms with van der Waals surface area (Å²) >= 11 is 6.48. The van der Waals surface area contributed by atoms with Gasteiger partial charge in [-0.15, -0.1) is 0 Å². The van der Waals surface area contributed by atoms with Crippen molar-refractivity contribution in [2.45, 2.75) is 32.0 Å². The molecule has 0 atom stereocenters. The van der Waals surface area contributed by atoms with Crippen molar-refractivity contribution < 1.29 is 9.47 Å². The van der Waals surface area contributed by atoms with E-state index in [0.29, 0.717) is 5.02 Å². The zero-order valence-corrected chi connectivity index (χ0v) is 13.7. The molecule has 2 nitrogen and oxygen atoms in total. The summed E-state index contributed by atoms with van der Waals surface area (Å²) in [4.78, 5) is 0. The molecule has 22 heavy (non-hydrogen) atoms. The molecule has 0 unspecified atom stereocenters. The van der Waals surface area contributed by atoms with Crippen molar-refractivity contribution in [3.8, 4) is 0 Å². The lowest BCUT2D eigenvalue weighted by Crippen LogP contribution is -2.29. The summed E-state index contributed by atoms with van der Waals surface area (Å²) < 4.78 is 11.7. The van der Waals surface area contributed by atoms with Crippen molar-refractivity contribution in [2.75, 3.05) is 0 Å². The van der Waals surface area contributed by atoms with Crippen LogP contribution in [0.4, 0.5) is 0 Å². The average Bonchev–Trinajstić information content (AvgIpc) is 2.98. The van der Waals surface area contributed by atoms with E-state index in [1.165, 1.54) is 5.56 Å². The highest BCUT2D eigenvalue weighted by Crippen LogP contribution is 2.43. The van der Waals surface area contributed by atoms with Crippen molar-refractivity contribution in [1.82, 2.24) is 0 Å². The van der Waals surface area contributed by atoms with Gasteiger partial charge in [0.25, 0.3) is 0 Å². The Kier molecular flexibility index (Phi) is 3.65. The number of ether oxygens (including phenoxy) is 2. The highest BCUT2D eigenvalue weighted by atomic mass is 35.5. The summed E-state index contributed by atoms with van der Waals surface area (Å²) in [5.41, 5.74) is 2.93. The molecule has 0 saturated heterocycles. The van der Waals surface area contributed by atoms with Gasteiger partial charge in [0.15, 0.2) is 0 Å². The molecule has 1 aliphatic rings. The van der Waals surface area contributed by atoms with Gasteiger partial charge in [0.05, 0.1) is 10.6 Å². The van der Waals surface area contributed by atoms with Gasteiger partial charge in [0.2, 0.25) is 0 Å². The van der Waals surface area contributed by atoms with Crippen LogP contribution in [-0.4, -0.2) is 0 Å². The third kappa shape index (κ3) is 2.48. The topological polar surface area (TPSA) is 18.5 Å². The normalized spacial score (nSPS) is 16.2. The molecule has 1 heterocycles. The Balaban J connectivity index is 2.18. The van der Waals surface area contributed by atoms with E-state index in [1.54, 1.807) is 12.5 Å². The van der Waals surface area contributed by atoms with E-state index in [0.717, 1.165) is 11.1 Å². The van der Waals surface area contributed by atoms with Crippen LogP contribution in [0.2, 0.25) is 5.02 Å². The van der Waals surface area contributed by atoms with Gasteiger partial charge in [-0.1, -0.05) is 68.8 Å². The van der Waals surface area contributed by atoms with Gasteiger partial charge in [0, 0.05) is 5.56 Å². The first-order valence-corrected chi connectivity index (χ1v) is 7.68. The van der Waals surface area contributed by atoms with E-state index in [-0.39, 0.29) is 5.41 Å². The lowest BCUT2D eigenvalue weighted by atomic mass is 9.84. The molecule has 3 rings (SSSR count). The average molecular weight is 315 g/mol. The van der Waals surface area contributed by atoms with Crippen LogP contribution in [-0.2, 0) is 20.7 Å². The van der Waals surface area contributed by atoms with Crippen molar-refractivity contribution >= 4 is 11.6 Å². The smallest absolute Gasteiger partial charge is 0.305 e. The van der Waals surface area contributed by atoms with Crippen molar-refractivity contribution in [2.24, 2.45) is 0 Å². The number of benzene rings is 2. The third-order valence-corrected chi connectivity index (χ3v) is 4.19. The predicted molar refractivity (Wildman–Crippen MR) is 88.7 cm³/mol. The van der Waals surface area contributed by atoms with Gasteiger partial charge in [-0.3, -0.25) is 0 Å². The summed E-state index contributed by atoms with van der Waals surface area (Å²) in [5.74, 6) is -1.01. The molecule has 2 aromatic rings. The molecule has 0 aromatic heterocycles. The molecule has 0 amide bonds. The van der Waals surface area contributed by atoms with Gasteiger partial charge in [-0.2, -0.15) is 0 Å². The van der Waals surface area contributed by atoms with Gasteiger partial charge >= 0.3 is 5.79 Å². The van der Waals surface area contributed by atoms with Crippen LogP contribution in [0.15, 0.2) is 61.1 Å². The van der Waals surface area contributed by atoms with E-state index in [4.69, 9.17) is 21.1 Å². The summed E-state index contributed by atoms with van der Waals surface area (Å²) in [6.07, 6.45) is 3.13. The van der Waals surface area contributed by atoms with Crippen LogP contribution >= 0.6 is 11.6 Å². The minimum atomic E-state index is -1.01. The molecule has 0 spiro atoms. The van der Waals surface area contributed by atoms with Gasteiger partial charge in [-0.05, 0) is 23.1 Å². The largest absolute Gasteiger partial charge is 0.449 e. The van der Waals surface area contributed by atoms with Gasteiger partial charge in [-0.25, -0.2) is 0 Å². The summed E-state index contributed by atoms with van der Waals surface area (Å²) in [6.45, 7) is 6.51. The number of hydrogen-bond acceptors (Lipinski definition) is 2. The molecule has 0 fully saturated rings. The first-order chi connectivity index (χ1) is 10.4. The zero-order valence-electron chi connectivity index (χ0n) is 13.0. The zero-order chi connectivity index (χ0) is 15.8. The van der Waals surface area contributed by atoms with E-state index in [1.807, 2.05) is 42.5 Å². The Morgan fingerprint density at radius 2 is 1.55 bits per heavy atom. The molecule has 0 radical (unpaired) electrons. The third-order valence-electron chi connectivity index (χ3n) is 3.86. The number of hydrogen-bond donors (Lipinski definition) is 0. The van der Waals surface area contributed by atoms with Crippen molar-refractivity contribution in [3.05, 3.63) is 82.8 Å². The Morgan fingerprint density at radius 3 is 2.14 bits per heavy atom. The molecule has 1 aliphatic heterocycles. The molecule has 0 aliphatic carbocycles. The predicted octanol–water partition coefficient (Wildman–Crippen LogP) is 5.36. The quantitative estimate of drug-likeness (QED) is 0.743. The molecule has 2 aromatic carbocycles.